The van der Waals surface area contributed by atoms with E-state index < -0.39 is 11.9 Å². The molecule has 1 saturated heterocycles. The molecule has 3 N–H and O–H groups in total. The van der Waals surface area contributed by atoms with Crippen molar-refractivity contribution in [1.29, 1.82) is 0 Å². The summed E-state index contributed by atoms with van der Waals surface area (Å²) >= 11 is 0. The van der Waals surface area contributed by atoms with Crippen LogP contribution < -0.4 is 5.73 Å². The standard InChI is InChI=1S/C13H23N3O4/c1-9(6-12(18)19)10-4-3-5-16(7-10)13(20)15(2)8-11(14)17/h9-10H,3-8H2,1-2H3,(H2,14,17)(H,18,19). The van der Waals surface area contributed by atoms with Crippen LogP contribution >= 0.6 is 0 Å². The Hall–Kier alpha value is -1.79. The average molecular weight is 285 g/mol. The molecule has 1 heterocycles. The zero-order chi connectivity index (χ0) is 15.3. The molecule has 0 radical (unpaired) electrons. The third-order valence-corrected chi connectivity index (χ3v) is 3.75. The van der Waals surface area contributed by atoms with Gasteiger partial charge in [0.15, 0.2) is 0 Å². The van der Waals surface area contributed by atoms with Crippen molar-refractivity contribution >= 4 is 17.9 Å². The smallest absolute Gasteiger partial charge is 0.320 e. The zero-order valence-electron chi connectivity index (χ0n) is 12.0. The molecule has 20 heavy (non-hydrogen) atoms. The number of piperidine rings is 1. The molecule has 1 aliphatic heterocycles. The third kappa shape index (κ3) is 4.71. The maximum Gasteiger partial charge on any atom is 0.320 e. The highest BCUT2D eigenvalue weighted by Gasteiger charge is 2.29. The highest BCUT2D eigenvalue weighted by molar-refractivity contribution is 5.82. The molecule has 7 heteroatoms. The number of primary amides is 1. The van der Waals surface area contributed by atoms with Gasteiger partial charge in [-0.2, -0.15) is 0 Å². The summed E-state index contributed by atoms with van der Waals surface area (Å²) < 4.78 is 0. The van der Waals surface area contributed by atoms with Crippen molar-refractivity contribution in [2.45, 2.75) is 26.2 Å². The van der Waals surface area contributed by atoms with Crippen molar-refractivity contribution < 1.29 is 19.5 Å². The largest absolute Gasteiger partial charge is 0.481 e. The number of hydrogen-bond donors (Lipinski definition) is 2. The number of carboxylic acids is 1. The van der Waals surface area contributed by atoms with E-state index in [1.807, 2.05) is 6.92 Å². The van der Waals surface area contributed by atoms with Crippen LogP contribution in [0.2, 0.25) is 0 Å². The molecule has 2 unspecified atom stereocenters. The number of urea groups is 1. The Morgan fingerprint density at radius 3 is 2.65 bits per heavy atom. The van der Waals surface area contributed by atoms with Gasteiger partial charge in [-0.25, -0.2) is 4.79 Å². The monoisotopic (exact) mass is 285 g/mol. The van der Waals surface area contributed by atoms with E-state index in [4.69, 9.17) is 10.8 Å². The van der Waals surface area contributed by atoms with E-state index in [-0.39, 0.29) is 30.8 Å². The Labute approximate surface area is 118 Å². The number of amides is 3. The molecule has 7 nitrogen and oxygen atoms in total. The summed E-state index contributed by atoms with van der Waals surface area (Å²) in [7, 11) is 1.54. The summed E-state index contributed by atoms with van der Waals surface area (Å²) in [5.41, 5.74) is 5.07. The number of carboxylic acid groups (broad SMARTS) is 1. The summed E-state index contributed by atoms with van der Waals surface area (Å²) in [4.78, 5) is 36.7. The molecule has 0 aromatic rings. The van der Waals surface area contributed by atoms with Crippen molar-refractivity contribution in [2.75, 3.05) is 26.7 Å². The van der Waals surface area contributed by atoms with E-state index in [9.17, 15) is 14.4 Å². The van der Waals surface area contributed by atoms with Gasteiger partial charge in [-0.3, -0.25) is 9.59 Å². The molecule has 0 spiro atoms. The fourth-order valence-corrected chi connectivity index (χ4v) is 2.63. The first-order chi connectivity index (χ1) is 9.31. The van der Waals surface area contributed by atoms with Crippen LogP contribution in [0.1, 0.15) is 26.2 Å². The summed E-state index contributed by atoms with van der Waals surface area (Å²) in [6.45, 7) is 2.97. The van der Waals surface area contributed by atoms with Gasteiger partial charge in [-0.15, -0.1) is 0 Å². The van der Waals surface area contributed by atoms with Gasteiger partial charge in [0.2, 0.25) is 5.91 Å². The molecular weight excluding hydrogens is 262 g/mol. The van der Waals surface area contributed by atoms with Crippen LogP contribution in [0.15, 0.2) is 0 Å². The van der Waals surface area contributed by atoms with Crippen molar-refractivity contribution in [3.63, 3.8) is 0 Å². The van der Waals surface area contributed by atoms with Gasteiger partial charge in [0.05, 0.1) is 0 Å². The second-order valence-electron chi connectivity index (χ2n) is 5.53. The van der Waals surface area contributed by atoms with Crippen LogP contribution in [0.4, 0.5) is 4.79 Å². The van der Waals surface area contributed by atoms with Crippen LogP contribution in [0.25, 0.3) is 0 Å². The molecule has 0 saturated carbocycles. The molecule has 1 aliphatic rings. The highest BCUT2D eigenvalue weighted by Crippen LogP contribution is 2.26. The van der Waals surface area contributed by atoms with Crippen molar-refractivity contribution in [3.05, 3.63) is 0 Å². The Kier molecular flexibility index (Phi) is 5.79. The number of likely N-dealkylation sites (tertiary alicyclic amines) is 1. The molecule has 1 fully saturated rings. The van der Waals surface area contributed by atoms with E-state index in [1.165, 1.54) is 11.9 Å². The van der Waals surface area contributed by atoms with Gasteiger partial charge in [0.1, 0.15) is 6.54 Å². The third-order valence-electron chi connectivity index (χ3n) is 3.75. The topological polar surface area (TPSA) is 104 Å². The quantitative estimate of drug-likeness (QED) is 0.760. The van der Waals surface area contributed by atoms with Crippen LogP contribution in [0.3, 0.4) is 0 Å². The Morgan fingerprint density at radius 1 is 1.45 bits per heavy atom. The van der Waals surface area contributed by atoms with Gasteiger partial charge in [0.25, 0.3) is 0 Å². The Morgan fingerprint density at radius 2 is 2.10 bits per heavy atom. The number of aliphatic carboxylic acids is 1. The van der Waals surface area contributed by atoms with Gasteiger partial charge < -0.3 is 20.6 Å². The number of carbonyl (C=O) groups excluding carboxylic acids is 2. The second kappa shape index (κ2) is 7.12. The van der Waals surface area contributed by atoms with Gasteiger partial charge in [-0.1, -0.05) is 6.92 Å². The van der Waals surface area contributed by atoms with Crippen LogP contribution in [0, 0.1) is 11.8 Å². The number of nitrogens with zero attached hydrogens (tertiary/aromatic N) is 2. The minimum Gasteiger partial charge on any atom is -0.481 e. The molecule has 0 aliphatic carbocycles. The maximum atomic E-state index is 12.2. The molecule has 0 bridgehead atoms. The Balaban J connectivity index is 2.57. The lowest BCUT2D eigenvalue weighted by atomic mass is 9.85. The van der Waals surface area contributed by atoms with Crippen LogP contribution in [0.5, 0.6) is 0 Å². The number of rotatable bonds is 5. The minimum absolute atomic E-state index is 0.0320. The summed E-state index contributed by atoms with van der Waals surface area (Å²) in [5.74, 6) is -1.14. The van der Waals surface area contributed by atoms with E-state index in [1.54, 1.807) is 4.90 Å². The van der Waals surface area contributed by atoms with E-state index >= 15 is 0 Å². The predicted octanol–water partition coefficient (Wildman–Crippen LogP) is 0.346. The second-order valence-corrected chi connectivity index (χ2v) is 5.53. The number of likely N-dealkylation sites (N-methyl/N-ethyl adjacent to an activating group) is 1. The first-order valence-corrected chi connectivity index (χ1v) is 6.81. The number of carbonyl (C=O) groups is 3. The van der Waals surface area contributed by atoms with E-state index in [0.717, 1.165) is 12.8 Å². The molecule has 114 valence electrons. The van der Waals surface area contributed by atoms with Crippen molar-refractivity contribution in [2.24, 2.45) is 17.6 Å². The summed E-state index contributed by atoms with van der Waals surface area (Å²) in [6, 6.07) is -0.226. The summed E-state index contributed by atoms with van der Waals surface area (Å²) in [5, 5.41) is 8.84. The lowest BCUT2D eigenvalue weighted by Gasteiger charge is -2.37. The van der Waals surface area contributed by atoms with Crippen molar-refractivity contribution in [1.82, 2.24) is 9.80 Å². The van der Waals surface area contributed by atoms with E-state index in [2.05, 4.69) is 0 Å². The molecule has 0 aromatic carbocycles. The predicted molar refractivity (Wildman–Crippen MR) is 72.9 cm³/mol. The molecule has 1 rings (SSSR count). The van der Waals surface area contributed by atoms with Gasteiger partial charge in [0, 0.05) is 26.6 Å². The first-order valence-electron chi connectivity index (χ1n) is 6.81. The summed E-state index contributed by atoms with van der Waals surface area (Å²) in [6.07, 6.45) is 1.90. The fourth-order valence-electron chi connectivity index (χ4n) is 2.63. The maximum absolute atomic E-state index is 12.2. The molecular formula is C13H23N3O4. The zero-order valence-corrected chi connectivity index (χ0v) is 12.0. The van der Waals surface area contributed by atoms with E-state index in [0.29, 0.717) is 13.1 Å². The molecule has 3 amide bonds. The average Bonchev–Trinajstić information content (AvgIpc) is 2.36. The van der Waals surface area contributed by atoms with Crippen LogP contribution in [-0.2, 0) is 9.59 Å². The molecule has 2 atom stereocenters. The Bertz CT molecular complexity index is 386. The lowest BCUT2D eigenvalue weighted by Crippen LogP contribution is -2.49. The highest BCUT2D eigenvalue weighted by atomic mass is 16.4. The number of hydrogen-bond acceptors (Lipinski definition) is 3. The fraction of sp³-hybridized carbons (Fsp3) is 0.769. The first kappa shape index (κ1) is 16.3. The van der Waals surface area contributed by atoms with Gasteiger partial charge >= 0.3 is 12.0 Å². The lowest BCUT2D eigenvalue weighted by molar-refractivity contribution is -0.138. The molecule has 0 aromatic heterocycles. The van der Waals surface area contributed by atoms with Gasteiger partial charge in [-0.05, 0) is 24.7 Å². The minimum atomic E-state index is -0.813. The van der Waals surface area contributed by atoms with Crippen molar-refractivity contribution in [3.8, 4) is 0 Å². The number of nitrogens with two attached hydrogens (primary N) is 1. The SMILES string of the molecule is CC(CC(=O)O)C1CCCN(C(=O)N(C)CC(N)=O)C1. The normalized spacial score (nSPS) is 20.3. The van der Waals surface area contributed by atoms with Crippen LogP contribution in [-0.4, -0.2) is 59.5 Å².